The highest BCUT2D eigenvalue weighted by molar-refractivity contribution is 5.88. The second kappa shape index (κ2) is 9.93. The topological polar surface area (TPSA) is 67.4 Å². The Morgan fingerprint density at radius 3 is 2.18 bits per heavy atom. The van der Waals surface area contributed by atoms with Crippen LogP contribution in [-0.2, 0) is 21.5 Å². The molecule has 2 aromatic rings. The molecule has 0 saturated carbocycles. The van der Waals surface area contributed by atoms with Gasteiger partial charge < -0.3 is 15.4 Å². The van der Waals surface area contributed by atoms with E-state index in [1.807, 2.05) is 36.4 Å². The fourth-order valence-corrected chi connectivity index (χ4v) is 2.67. The number of amides is 2. The van der Waals surface area contributed by atoms with E-state index in [1.54, 1.807) is 0 Å². The van der Waals surface area contributed by atoms with Crippen LogP contribution < -0.4 is 15.4 Å². The van der Waals surface area contributed by atoms with Gasteiger partial charge >= 0.3 is 0 Å². The van der Waals surface area contributed by atoms with Gasteiger partial charge in [-0.25, -0.2) is 0 Å². The Hall–Kier alpha value is -2.82. The summed E-state index contributed by atoms with van der Waals surface area (Å²) in [4.78, 5) is 23.0. The lowest BCUT2D eigenvalue weighted by Gasteiger charge is -2.19. The summed E-state index contributed by atoms with van der Waals surface area (Å²) in [7, 11) is 0. The number of carbonyl (C=O) groups excluding carboxylic acids is 2. The first-order valence-electron chi connectivity index (χ1n) is 9.60. The molecule has 5 nitrogen and oxygen atoms in total. The van der Waals surface area contributed by atoms with E-state index in [0.717, 1.165) is 17.0 Å². The van der Waals surface area contributed by atoms with Crippen molar-refractivity contribution < 1.29 is 14.3 Å². The maximum absolute atomic E-state index is 12.0. The van der Waals surface area contributed by atoms with Gasteiger partial charge in [0.25, 0.3) is 0 Å². The van der Waals surface area contributed by atoms with Crippen molar-refractivity contribution in [3.05, 3.63) is 59.7 Å². The smallest absolute Gasteiger partial charge is 0.221 e. The molecular formula is C23H30N2O3. The second-order valence-corrected chi connectivity index (χ2v) is 7.88. The lowest BCUT2D eigenvalue weighted by atomic mass is 9.87. The van der Waals surface area contributed by atoms with Gasteiger partial charge in [0.1, 0.15) is 5.75 Å². The maximum Gasteiger partial charge on any atom is 0.221 e. The number of benzene rings is 2. The van der Waals surface area contributed by atoms with Crippen LogP contribution in [0.2, 0.25) is 0 Å². The van der Waals surface area contributed by atoms with Gasteiger partial charge in [-0.05, 0) is 47.2 Å². The summed E-state index contributed by atoms with van der Waals surface area (Å²) in [5.74, 6) is 0.721. The molecule has 0 heterocycles. The molecule has 0 unspecified atom stereocenters. The monoisotopic (exact) mass is 382 g/mol. The Morgan fingerprint density at radius 2 is 1.61 bits per heavy atom. The highest BCUT2D eigenvalue weighted by Crippen LogP contribution is 2.24. The summed E-state index contributed by atoms with van der Waals surface area (Å²) >= 11 is 0. The summed E-state index contributed by atoms with van der Waals surface area (Å²) in [6.45, 7) is 8.98. The Kier molecular flexibility index (Phi) is 7.61. The zero-order valence-electron chi connectivity index (χ0n) is 17.2. The van der Waals surface area contributed by atoms with Gasteiger partial charge in [0.15, 0.2) is 0 Å². The molecule has 0 atom stereocenters. The molecule has 0 radical (unpaired) electrons. The lowest BCUT2D eigenvalue weighted by Crippen LogP contribution is -2.23. The summed E-state index contributed by atoms with van der Waals surface area (Å²) in [5.41, 5.74) is 3.12. The van der Waals surface area contributed by atoms with E-state index in [4.69, 9.17) is 4.74 Å². The van der Waals surface area contributed by atoms with Gasteiger partial charge in [0.05, 0.1) is 6.61 Å². The molecule has 0 bridgehead atoms. The minimum atomic E-state index is -0.103. The first-order valence-corrected chi connectivity index (χ1v) is 9.60. The molecule has 0 fully saturated rings. The Labute approximate surface area is 167 Å². The van der Waals surface area contributed by atoms with Crippen molar-refractivity contribution in [2.45, 2.75) is 52.5 Å². The highest BCUT2D eigenvalue weighted by Gasteiger charge is 2.12. The Balaban J connectivity index is 1.65. The molecule has 5 heteroatoms. The van der Waals surface area contributed by atoms with Crippen LogP contribution >= 0.6 is 0 Å². The van der Waals surface area contributed by atoms with Crippen molar-refractivity contribution in [3.8, 4) is 5.75 Å². The number of nitrogens with one attached hydrogen (secondary N) is 2. The quantitative estimate of drug-likeness (QED) is 0.664. The molecule has 0 aliphatic carbocycles. The van der Waals surface area contributed by atoms with Gasteiger partial charge in [0, 0.05) is 25.6 Å². The van der Waals surface area contributed by atoms with Crippen molar-refractivity contribution in [2.24, 2.45) is 0 Å². The van der Waals surface area contributed by atoms with E-state index in [2.05, 4.69) is 43.5 Å². The molecule has 150 valence electrons. The predicted molar refractivity (Wildman–Crippen MR) is 112 cm³/mol. The molecule has 2 rings (SSSR count). The molecule has 0 spiro atoms. The number of ether oxygens (including phenoxy) is 1. The minimum Gasteiger partial charge on any atom is -0.494 e. The van der Waals surface area contributed by atoms with Crippen LogP contribution in [-0.4, -0.2) is 18.4 Å². The third-order valence-corrected chi connectivity index (χ3v) is 4.30. The van der Waals surface area contributed by atoms with E-state index in [0.29, 0.717) is 26.0 Å². The molecule has 28 heavy (non-hydrogen) atoms. The van der Waals surface area contributed by atoms with E-state index in [1.165, 1.54) is 12.5 Å². The summed E-state index contributed by atoms with van der Waals surface area (Å²) in [5, 5.41) is 5.61. The molecule has 2 aromatic carbocycles. The number of rotatable bonds is 8. The van der Waals surface area contributed by atoms with Crippen LogP contribution in [0.1, 0.15) is 51.7 Å². The summed E-state index contributed by atoms with van der Waals surface area (Å²) in [6, 6.07) is 15.5. The zero-order chi connectivity index (χ0) is 20.6. The molecule has 2 N–H and O–H groups in total. The van der Waals surface area contributed by atoms with Gasteiger partial charge in [-0.15, -0.1) is 0 Å². The summed E-state index contributed by atoms with van der Waals surface area (Å²) < 4.78 is 5.72. The predicted octanol–water partition coefficient (Wildman–Crippen LogP) is 4.42. The van der Waals surface area contributed by atoms with E-state index < -0.39 is 0 Å². The third-order valence-electron chi connectivity index (χ3n) is 4.30. The number of hydrogen-bond donors (Lipinski definition) is 2. The number of hydrogen-bond acceptors (Lipinski definition) is 3. The normalized spacial score (nSPS) is 11.0. The fourth-order valence-electron chi connectivity index (χ4n) is 2.67. The van der Waals surface area contributed by atoms with E-state index >= 15 is 0 Å². The van der Waals surface area contributed by atoms with Gasteiger partial charge in [0.2, 0.25) is 11.8 Å². The Morgan fingerprint density at radius 1 is 0.964 bits per heavy atom. The van der Waals surface area contributed by atoms with Gasteiger partial charge in [-0.3, -0.25) is 9.59 Å². The Bertz CT molecular complexity index is 775. The second-order valence-electron chi connectivity index (χ2n) is 7.88. The molecule has 0 aliphatic heterocycles. The summed E-state index contributed by atoms with van der Waals surface area (Å²) in [6.07, 6.45) is 1.08. The number of anilines is 1. The van der Waals surface area contributed by atoms with E-state index in [-0.39, 0.29) is 17.2 Å². The molecule has 0 aliphatic rings. The van der Waals surface area contributed by atoms with Crippen LogP contribution in [0, 0.1) is 0 Å². The van der Waals surface area contributed by atoms with Crippen LogP contribution in [0.3, 0.4) is 0 Å². The molecular weight excluding hydrogens is 352 g/mol. The van der Waals surface area contributed by atoms with Crippen molar-refractivity contribution in [2.75, 3.05) is 11.9 Å². The van der Waals surface area contributed by atoms with Crippen LogP contribution in [0.4, 0.5) is 5.69 Å². The molecule has 2 amide bonds. The van der Waals surface area contributed by atoms with Crippen molar-refractivity contribution in [3.63, 3.8) is 0 Å². The van der Waals surface area contributed by atoms with Crippen LogP contribution in [0.5, 0.6) is 5.75 Å². The third kappa shape index (κ3) is 7.43. The van der Waals surface area contributed by atoms with Gasteiger partial charge in [-0.1, -0.05) is 45.0 Å². The lowest BCUT2D eigenvalue weighted by molar-refractivity contribution is -0.121. The van der Waals surface area contributed by atoms with Crippen molar-refractivity contribution in [1.29, 1.82) is 0 Å². The average molecular weight is 383 g/mol. The minimum absolute atomic E-state index is 0.00221. The van der Waals surface area contributed by atoms with Crippen molar-refractivity contribution in [1.82, 2.24) is 5.32 Å². The first kappa shape index (κ1) is 21.5. The number of carbonyl (C=O) groups is 2. The molecule has 0 saturated heterocycles. The largest absolute Gasteiger partial charge is 0.494 e. The fraction of sp³-hybridized carbons (Fsp3) is 0.391. The standard InChI is InChI=1S/C23H30N2O3/c1-17(26)25-20-11-7-18(8-12-20)16-24-22(27)6-5-15-28-21-13-9-19(10-14-21)23(2,3)4/h7-14H,5-6,15-16H2,1-4H3,(H,24,27)(H,25,26). The first-order chi connectivity index (χ1) is 13.2. The average Bonchev–Trinajstić information content (AvgIpc) is 2.64. The maximum atomic E-state index is 12.0. The van der Waals surface area contributed by atoms with Gasteiger partial charge in [-0.2, -0.15) is 0 Å². The van der Waals surface area contributed by atoms with Crippen LogP contribution in [0.25, 0.3) is 0 Å². The molecule has 0 aromatic heterocycles. The van der Waals surface area contributed by atoms with Crippen molar-refractivity contribution >= 4 is 17.5 Å². The van der Waals surface area contributed by atoms with E-state index in [9.17, 15) is 9.59 Å². The zero-order valence-corrected chi connectivity index (χ0v) is 17.2. The highest BCUT2D eigenvalue weighted by atomic mass is 16.5. The van der Waals surface area contributed by atoms with Crippen LogP contribution in [0.15, 0.2) is 48.5 Å². The SMILES string of the molecule is CC(=O)Nc1ccc(CNC(=O)CCCOc2ccc(C(C)(C)C)cc2)cc1.